The molecule has 1 aromatic rings. The predicted octanol–water partition coefficient (Wildman–Crippen LogP) is 3.99. The fourth-order valence-electron chi connectivity index (χ4n) is 2.79. The third-order valence-electron chi connectivity index (χ3n) is 4.40. The second-order valence-electron chi connectivity index (χ2n) is 6.97. The minimum Gasteiger partial charge on any atom is -0.405 e. The molecular formula is C28H36N6O2. The summed E-state index contributed by atoms with van der Waals surface area (Å²) in [4.78, 5) is 23.2. The van der Waals surface area contributed by atoms with Crippen molar-refractivity contribution in [3.63, 3.8) is 0 Å². The first-order chi connectivity index (χ1) is 17.4. The summed E-state index contributed by atoms with van der Waals surface area (Å²) in [5, 5.41) is 9.86. The molecule has 8 heteroatoms. The molecule has 36 heavy (non-hydrogen) atoms. The van der Waals surface area contributed by atoms with E-state index in [4.69, 9.17) is 27.4 Å². The van der Waals surface area contributed by atoms with Gasteiger partial charge in [0.05, 0.1) is 0 Å². The van der Waals surface area contributed by atoms with Gasteiger partial charge in [-0.05, 0) is 80.6 Å². The molecule has 0 unspecified atom stereocenters. The maximum absolute atomic E-state index is 10.6. The molecule has 0 aromatic heterocycles. The number of nitrogens with two attached hydrogens (primary N) is 3. The van der Waals surface area contributed by atoms with Crippen LogP contribution in [0.25, 0.3) is 0 Å². The lowest BCUT2D eigenvalue weighted by Gasteiger charge is -2.09. The summed E-state index contributed by atoms with van der Waals surface area (Å²) in [6.07, 6.45) is 22.4. The van der Waals surface area contributed by atoms with Crippen LogP contribution < -0.4 is 22.5 Å². The molecule has 0 amide bonds. The number of allylic oxidation sites excluding steroid dienone is 10. The van der Waals surface area contributed by atoms with E-state index in [0.29, 0.717) is 23.5 Å². The topological polar surface area (TPSA) is 160 Å². The van der Waals surface area contributed by atoms with Gasteiger partial charge in [-0.15, -0.1) is 0 Å². The quantitative estimate of drug-likeness (QED) is 0.116. The van der Waals surface area contributed by atoms with Crippen molar-refractivity contribution in [1.82, 2.24) is 5.32 Å². The molecule has 1 aliphatic rings. The molecule has 8 nitrogen and oxygen atoms in total. The minimum atomic E-state index is 0.291. The lowest BCUT2D eigenvalue weighted by molar-refractivity contribution is -0.106. The lowest BCUT2D eigenvalue weighted by Crippen LogP contribution is -2.14. The van der Waals surface area contributed by atoms with Crippen molar-refractivity contribution in [1.29, 1.82) is 5.41 Å². The summed E-state index contributed by atoms with van der Waals surface area (Å²) in [6, 6.07) is 5.46. The number of hydrogen-bond donors (Lipinski definition) is 5. The van der Waals surface area contributed by atoms with Crippen LogP contribution in [0.2, 0.25) is 0 Å². The van der Waals surface area contributed by atoms with Gasteiger partial charge in [-0.1, -0.05) is 43.0 Å². The van der Waals surface area contributed by atoms with Gasteiger partial charge in [-0.2, -0.15) is 0 Å². The standard InChI is InChI=1S/C16H21N5.C10H11NO.C2H4O/c1-2-3-4-12(7-8-17)9-14-10-13(5-6-15(14)19)16(20)21-11-18;1-2-11-10-7-5-3-4-6-9(10)8-12;1-2-3/h2-8,10-11H,9,17,19H2,1H3,(H3,18,20,21);2,4-8,11H,1,3H2;2H,1H3/b3-2-,8-7+,12-4+;;. The molecule has 190 valence electrons. The van der Waals surface area contributed by atoms with E-state index < -0.39 is 0 Å². The molecule has 2 rings (SSSR count). The number of anilines is 1. The predicted molar refractivity (Wildman–Crippen MR) is 151 cm³/mol. The van der Waals surface area contributed by atoms with Gasteiger partial charge in [-0.25, -0.2) is 4.99 Å². The first kappa shape index (κ1) is 31.3. The number of aliphatic imine (C=N–C) groups is 1. The zero-order valence-corrected chi connectivity index (χ0v) is 20.9. The highest BCUT2D eigenvalue weighted by atomic mass is 16.1. The average Bonchev–Trinajstić information content (AvgIpc) is 3.10. The number of rotatable bonds is 9. The van der Waals surface area contributed by atoms with Crippen molar-refractivity contribution in [2.45, 2.75) is 26.7 Å². The molecule has 1 aromatic carbocycles. The maximum Gasteiger partial charge on any atom is 0.152 e. The Kier molecular flexibility index (Phi) is 17.1. The Morgan fingerprint density at radius 3 is 2.50 bits per heavy atom. The first-order valence-electron chi connectivity index (χ1n) is 11.1. The Bertz CT molecular complexity index is 1090. The van der Waals surface area contributed by atoms with E-state index in [1.165, 1.54) is 13.1 Å². The number of amidine groups is 1. The van der Waals surface area contributed by atoms with Crippen LogP contribution in [0, 0.1) is 5.41 Å². The summed E-state index contributed by atoms with van der Waals surface area (Å²) in [5.41, 5.74) is 22.1. The molecule has 0 aliphatic heterocycles. The Morgan fingerprint density at radius 1 is 1.22 bits per heavy atom. The molecule has 1 aliphatic carbocycles. The number of nitrogens with one attached hydrogen (secondary N) is 2. The van der Waals surface area contributed by atoms with Crippen molar-refractivity contribution in [2.24, 2.45) is 16.5 Å². The molecule has 0 atom stereocenters. The highest BCUT2D eigenvalue weighted by molar-refractivity contribution is 6.01. The van der Waals surface area contributed by atoms with E-state index >= 15 is 0 Å². The summed E-state index contributed by atoms with van der Waals surface area (Å²) in [5.74, 6) is 0.291. The van der Waals surface area contributed by atoms with E-state index in [1.54, 1.807) is 24.4 Å². The number of aldehydes is 2. The van der Waals surface area contributed by atoms with Crippen LogP contribution in [0.4, 0.5) is 5.69 Å². The average molecular weight is 489 g/mol. The van der Waals surface area contributed by atoms with Crippen molar-refractivity contribution >= 4 is 30.4 Å². The van der Waals surface area contributed by atoms with Gasteiger partial charge < -0.3 is 27.3 Å². The normalized spacial score (nSPS) is 13.3. The van der Waals surface area contributed by atoms with E-state index in [0.717, 1.165) is 47.7 Å². The van der Waals surface area contributed by atoms with Gasteiger partial charge in [0.15, 0.2) is 6.29 Å². The van der Waals surface area contributed by atoms with Crippen molar-refractivity contribution in [3.8, 4) is 0 Å². The Labute approximate surface area is 213 Å². The van der Waals surface area contributed by atoms with Crippen LogP contribution in [-0.4, -0.2) is 24.7 Å². The molecule has 0 heterocycles. The number of hydrogen-bond acceptors (Lipinski definition) is 6. The van der Waals surface area contributed by atoms with Gasteiger partial charge in [0.2, 0.25) is 0 Å². The SMILES string of the molecule is C=CNC1=C(C=O)C=CCC=C1.CC=O.C\C=C/C=C(\C=C\N)Cc1cc(C(N)=NC=N)ccc1N. The zero-order chi connectivity index (χ0) is 27.2. The lowest BCUT2D eigenvalue weighted by atomic mass is 10.00. The number of benzene rings is 1. The van der Waals surface area contributed by atoms with Crippen LogP contribution in [0.5, 0.6) is 0 Å². The van der Waals surface area contributed by atoms with E-state index in [1.807, 2.05) is 55.5 Å². The third kappa shape index (κ3) is 12.5. The summed E-state index contributed by atoms with van der Waals surface area (Å²) in [7, 11) is 0. The number of carbonyl (C=O) groups is 2. The van der Waals surface area contributed by atoms with Crippen LogP contribution in [0.1, 0.15) is 31.4 Å². The molecule has 0 saturated heterocycles. The van der Waals surface area contributed by atoms with E-state index in [2.05, 4.69) is 16.9 Å². The van der Waals surface area contributed by atoms with Gasteiger partial charge in [0.1, 0.15) is 18.5 Å². The molecule has 0 radical (unpaired) electrons. The molecule has 8 N–H and O–H groups in total. The Morgan fingerprint density at radius 2 is 1.92 bits per heavy atom. The van der Waals surface area contributed by atoms with Crippen LogP contribution in [-0.2, 0) is 16.0 Å². The van der Waals surface area contributed by atoms with Gasteiger partial charge in [0.25, 0.3) is 0 Å². The second kappa shape index (κ2) is 19.7. The first-order valence-corrected chi connectivity index (χ1v) is 11.1. The molecule has 0 bridgehead atoms. The highest BCUT2D eigenvalue weighted by Gasteiger charge is 2.05. The van der Waals surface area contributed by atoms with Crippen LogP contribution in [0.3, 0.4) is 0 Å². The van der Waals surface area contributed by atoms with Crippen molar-refractivity contribution in [3.05, 3.63) is 114 Å². The smallest absolute Gasteiger partial charge is 0.152 e. The second-order valence-corrected chi connectivity index (χ2v) is 6.97. The van der Waals surface area contributed by atoms with Crippen molar-refractivity contribution in [2.75, 3.05) is 5.73 Å². The summed E-state index contributed by atoms with van der Waals surface area (Å²) < 4.78 is 0. The Balaban J connectivity index is 0.000000686. The van der Waals surface area contributed by atoms with Gasteiger partial charge in [-0.3, -0.25) is 10.2 Å². The van der Waals surface area contributed by atoms with Gasteiger partial charge >= 0.3 is 0 Å². The molecule has 0 spiro atoms. The molecular weight excluding hydrogens is 452 g/mol. The van der Waals surface area contributed by atoms with E-state index in [9.17, 15) is 4.79 Å². The Hall–Kier alpha value is -4.72. The molecule has 0 saturated carbocycles. The van der Waals surface area contributed by atoms with Crippen LogP contribution in [0.15, 0.2) is 108 Å². The fourth-order valence-corrected chi connectivity index (χ4v) is 2.79. The number of nitrogen functional groups attached to an aromatic ring is 1. The van der Waals surface area contributed by atoms with E-state index in [-0.39, 0.29) is 0 Å². The van der Waals surface area contributed by atoms with Crippen LogP contribution >= 0.6 is 0 Å². The zero-order valence-electron chi connectivity index (χ0n) is 20.9. The maximum atomic E-state index is 10.6. The van der Waals surface area contributed by atoms with Crippen molar-refractivity contribution < 1.29 is 9.59 Å². The minimum absolute atomic E-state index is 0.291. The fraction of sp³-hybridized carbons (Fsp3) is 0.143. The highest BCUT2D eigenvalue weighted by Crippen LogP contribution is 2.19. The molecule has 0 fully saturated rings. The monoisotopic (exact) mass is 488 g/mol. The van der Waals surface area contributed by atoms with Gasteiger partial charge in [0, 0.05) is 22.5 Å². The number of nitrogens with zero attached hydrogens (tertiary/aromatic N) is 1. The summed E-state index contributed by atoms with van der Waals surface area (Å²) in [6.45, 7) is 6.93. The number of carbonyl (C=O) groups excluding carboxylic acids is 2. The summed E-state index contributed by atoms with van der Waals surface area (Å²) >= 11 is 0. The largest absolute Gasteiger partial charge is 0.405 e. The third-order valence-corrected chi connectivity index (χ3v) is 4.40.